The molecule has 8 aliphatic heterocycles. The number of carbonyl (C=O) groups is 8. The Bertz CT molecular complexity index is 1890. The predicted molar refractivity (Wildman–Crippen MR) is 330 cm³/mol. The summed E-state index contributed by atoms with van der Waals surface area (Å²) in [6.45, 7) is 22.1. The van der Waals surface area contributed by atoms with E-state index >= 15 is 0 Å². The van der Waals surface area contributed by atoms with Gasteiger partial charge in [0.2, 0.25) is 41.4 Å². The maximum Gasteiger partial charge on any atom is 0.222 e. The van der Waals surface area contributed by atoms with Gasteiger partial charge in [0.05, 0.1) is 112 Å². The van der Waals surface area contributed by atoms with Gasteiger partial charge in [0, 0.05) is 156 Å². The lowest BCUT2D eigenvalue weighted by molar-refractivity contribution is -0.135. The van der Waals surface area contributed by atoms with E-state index in [1.54, 1.807) is 0 Å². The van der Waals surface area contributed by atoms with Gasteiger partial charge in [-0.1, -0.05) is 19.3 Å². The summed E-state index contributed by atoms with van der Waals surface area (Å²) < 4.78 is 44.0. The Labute approximate surface area is 525 Å². The molecule has 0 N–H and O–H groups in total. The molecule has 8 fully saturated rings. The van der Waals surface area contributed by atoms with Crippen LogP contribution in [0.2, 0.25) is 0 Å². The summed E-state index contributed by atoms with van der Waals surface area (Å²) >= 11 is 0. The SMILES string of the molecule is O=C1CCCCCN1CCOCCOCCN1CCCCCC1=O.O=C1CCCCN1CCOCCOCCN1CCCCC1=O.O=C1CCCN1CCOCCOCCN1CCCC1=O.O=C1CCN(CCOCCOCCN2CCCCCC2=O)C1. The van der Waals surface area contributed by atoms with Crippen LogP contribution in [0.4, 0.5) is 0 Å². The minimum Gasteiger partial charge on any atom is -0.378 e. The maximum absolute atomic E-state index is 11.8. The summed E-state index contributed by atoms with van der Waals surface area (Å²) in [6, 6.07) is 0. The van der Waals surface area contributed by atoms with Crippen molar-refractivity contribution >= 4 is 47.1 Å². The van der Waals surface area contributed by atoms with E-state index < -0.39 is 0 Å². The molecular weight excluding hydrogens is 1140 g/mol. The normalized spacial score (nSPS) is 20.0. The summed E-state index contributed by atoms with van der Waals surface area (Å²) in [4.78, 5) is 108. The monoisotopic (exact) mass is 1250 g/mol. The van der Waals surface area contributed by atoms with Crippen molar-refractivity contribution in [1.82, 2.24) is 39.2 Å². The molecule has 24 heteroatoms. The van der Waals surface area contributed by atoms with E-state index in [9.17, 15) is 38.4 Å². The van der Waals surface area contributed by atoms with Crippen LogP contribution in [0.15, 0.2) is 0 Å². The van der Waals surface area contributed by atoms with Crippen LogP contribution in [0.3, 0.4) is 0 Å². The summed E-state index contributed by atoms with van der Waals surface area (Å²) in [5, 5.41) is 0. The van der Waals surface area contributed by atoms with E-state index in [1.807, 2.05) is 34.3 Å². The van der Waals surface area contributed by atoms with E-state index in [-0.39, 0.29) is 41.4 Å². The van der Waals surface area contributed by atoms with Crippen LogP contribution in [-0.2, 0) is 76.3 Å². The number of piperidine rings is 2. The quantitative estimate of drug-likeness (QED) is 0.0811. The van der Waals surface area contributed by atoms with E-state index in [2.05, 4.69) is 4.90 Å². The Morgan fingerprint density at radius 2 is 0.409 bits per heavy atom. The molecule has 0 atom stereocenters. The molecule has 8 saturated heterocycles. The number of rotatable bonds is 36. The smallest absolute Gasteiger partial charge is 0.222 e. The fourth-order valence-corrected chi connectivity index (χ4v) is 11.5. The molecule has 0 radical (unpaired) electrons. The highest BCUT2D eigenvalue weighted by atomic mass is 16.5. The van der Waals surface area contributed by atoms with Crippen LogP contribution in [0.25, 0.3) is 0 Å². The zero-order valence-corrected chi connectivity index (χ0v) is 53.7. The molecule has 24 nitrogen and oxygen atoms in total. The van der Waals surface area contributed by atoms with E-state index in [1.165, 1.54) is 0 Å². The first-order chi connectivity index (χ1) is 43.1. The Balaban J connectivity index is 0.000000214. The molecule has 8 aliphatic rings. The van der Waals surface area contributed by atoms with Gasteiger partial charge in [0.15, 0.2) is 0 Å². The second-order valence-corrected chi connectivity index (χ2v) is 23.7. The topological polar surface area (TPSA) is 236 Å². The second-order valence-electron chi connectivity index (χ2n) is 23.7. The van der Waals surface area contributed by atoms with Gasteiger partial charge >= 0.3 is 0 Å². The highest BCUT2D eigenvalue weighted by molar-refractivity contribution is 5.82. The summed E-state index contributed by atoms with van der Waals surface area (Å²) in [7, 11) is 0. The van der Waals surface area contributed by atoms with E-state index in [0.29, 0.717) is 215 Å². The molecule has 7 amide bonds. The van der Waals surface area contributed by atoms with Gasteiger partial charge in [-0.25, -0.2) is 0 Å². The number of Topliss-reactive ketones (excluding diaryl/α,β-unsaturated/α-hetero) is 1. The van der Waals surface area contributed by atoms with Crippen molar-refractivity contribution in [2.75, 3.05) is 217 Å². The van der Waals surface area contributed by atoms with Crippen molar-refractivity contribution < 1.29 is 76.3 Å². The molecule has 0 spiro atoms. The maximum atomic E-state index is 11.8. The lowest BCUT2D eigenvalue weighted by Crippen LogP contribution is -2.38. The summed E-state index contributed by atoms with van der Waals surface area (Å²) in [5.41, 5.74) is 0. The van der Waals surface area contributed by atoms with E-state index in [0.717, 1.165) is 155 Å². The van der Waals surface area contributed by atoms with Gasteiger partial charge in [0.25, 0.3) is 0 Å². The number of hydrogen-bond donors (Lipinski definition) is 0. The fraction of sp³-hybridized carbons (Fsp3) is 0.875. The molecule has 88 heavy (non-hydrogen) atoms. The van der Waals surface area contributed by atoms with Crippen molar-refractivity contribution in [1.29, 1.82) is 0 Å². The number of likely N-dealkylation sites (tertiary alicyclic amines) is 8. The van der Waals surface area contributed by atoms with Gasteiger partial charge in [0.1, 0.15) is 5.78 Å². The molecule has 0 bridgehead atoms. The fourth-order valence-electron chi connectivity index (χ4n) is 11.5. The van der Waals surface area contributed by atoms with Crippen LogP contribution in [0.5, 0.6) is 0 Å². The van der Waals surface area contributed by atoms with Crippen LogP contribution in [0, 0.1) is 0 Å². The third kappa shape index (κ3) is 33.1. The first-order valence-electron chi connectivity index (χ1n) is 33.9. The summed E-state index contributed by atoms with van der Waals surface area (Å²) in [5.74, 6) is 2.07. The second kappa shape index (κ2) is 47.5. The molecule has 0 saturated carbocycles. The van der Waals surface area contributed by atoms with Gasteiger partial charge in [-0.3, -0.25) is 43.3 Å². The minimum atomic E-state index is 0.236. The molecule has 504 valence electrons. The Kier molecular flexibility index (Phi) is 40.1. The van der Waals surface area contributed by atoms with Gasteiger partial charge < -0.3 is 72.2 Å². The Morgan fingerprint density at radius 1 is 0.205 bits per heavy atom. The standard InChI is InChI=1S/C18H32N2O4.2C16H28N2O4.C14H24N2O4/c21-17-7-3-1-5-9-19(17)11-13-23-15-16-24-14-12-20-10-6-2-4-8-18(20)22;19-15-5-1-3-7-17(15)9-11-21-13-14-22-12-10-18-8-4-2-6-16(18)20;19-15-5-7-17(14-15)8-10-21-12-13-22-11-9-18-6-3-1-2-4-16(18)20;17-13-3-1-5-15(13)7-9-19-11-12-20-10-8-16-6-2-4-14(16)18/h1-16H2;2*1-14H2;1-12H2. The minimum absolute atomic E-state index is 0.236. The van der Waals surface area contributed by atoms with Crippen molar-refractivity contribution in [3.63, 3.8) is 0 Å². The van der Waals surface area contributed by atoms with Crippen molar-refractivity contribution in [3.8, 4) is 0 Å². The van der Waals surface area contributed by atoms with Gasteiger partial charge in [-0.15, -0.1) is 0 Å². The summed E-state index contributed by atoms with van der Waals surface area (Å²) in [6.07, 6.45) is 21.4. The molecule has 0 aromatic rings. The van der Waals surface area contributed by atoms with Crippen LogP contribution in [-0.4, -0.2) is 303 Å². The zero-order chi connectivity index (χ0) is 62.5. The average Bonchev–Trinajstić information content (AvgIpc) is 4.22. The number of hydrogen-bond acceptors (Lipinski definition) is 17. The zero-order valence-electron chi connectivity index (χ0n) is 53.7. The largest absolute Gasteiger partial charge is 0.378 e. The number of ketones is 1. The molecule has 0 unspecified atom stereocenters. The first-order valence-corrected chi connectivity index (χ1v) is 33.9. The molecule has 0 aromatic carbocycles. The molecular formula is C64H112N8O16. The predicted octanol–water partition coefficient (Wildman–Crippen LogP) is 3.83. The van der Waals surface area contributed by atoms with Gasteiger partial charge in [-0.05, 0) is 77.0 Å². The molecule has 0 aromatic heterocycles. The Morgan fingerprint density at radius 3 is 0.625 bits per heavy atom. The third-order valence-electron chi connectivity index (χ3n) is 16.9. The van der Waals surface area contributed by atoms with Gasteiger partial charge in [-0.2, -0.15) is 0 Å². The van der Waals surface area contributed by atoms with Crippen molar-refractivity contribution in [3.05, 3.63) is 0 Å². The van der Waals surface area contributed by atoms with Crippen LogP contribution < -0.4 is 0 Å². The van der Waals surface area contributed by atoms with E-state index in [4.69, 9.17) is 37.9 Å². The molecule has 8 heterocycles. The van der Waals surface area contributed by atoms with Crippen molar-refractivity contribution in [2.45, 2.75) is 148 Å². The number of amides is 7. The lowest BCUT2D eigenvalue weighted by atomic mass is 10.1. The van der Waals surface area contributed by atoms with Crippen LogP contribution in [0.1, 0.15) is 148 Å². The first kappa shape index (κ1) is 74.3. The number of carbonyl (C=O) groups excluding carboxylic acids is 8. The highest BCUT2D eigenvalue weighted by Gasteiger charge is 2.24. The molecule has 8 rings (SSSR count). The third-order valence-corrected chi connectivity index (χ3v) is 16.9. The number of nitrogens with zero attached hydrogens (tertiary/aromatic N) is 8. The van der Waals surface area contributed by atoms with Crippen molar-refractivity contribution in [2.24, 2.45) is 0 Å². The average molecular weight is 1250 g/mol. The highest BCUT2D eigenvalue weighted by Crippen LogP contribution is 2.15. The number of ether oxygens (including phenoxy) is 8. The lowest BCUT2D eigenvalue weighted by Gasteiger charge is -2.26. The molecule has 0 aliphatic carbocycles. The Hall–Kier alpha value is -4.40. The van der Waals surface area contributed by atoms with Crippen LogP contribution >= 0.6 is 0 Å².